The van der Waals surface area contributed by atoms with Crippen molar-refractivity contribution in [3.63, 3.8) is 0 Å². The van der Waals surface area contributed by atoms with Crippen LogP contribution in [0.4, 0.5) is 5.95 Å². The molecule has 0 atom stereocenters. The van der Waals surface area contributed by atoms with Crippen LogP contribution in [0.1, 0.15) is 12.8 Å². The van der Waals surface area contributed by atoms with E-state index in [9.17, 15) is 0 Å². The predicted octanol–water partition coefficient (Wildman–Crippen LogP) is 1.72. The van der Waals surface area contributed by atoms with E-state index in [2.05, 4.69) is 10.1 Å². The van der Waals surface area contributed by atoms with Gasteiger partial charge in [-0.05, 0) is 12.1 Å². The van der Waals surface area contributed by atoms with Gasteiger partial charge in [-0.3, -0.25) is 0 Å². The summed E-state index contributed by atoms with van der Waals surface area (Å²) >= 11 is 0. The largest absolute Gasteiger partial charge is 0.344 e. The van der Waals surface area contributed by atoms with Gasteiger partial charge in [-0.15, -0.1) is 0 Å². The fourth-order valence-corrected chi connectivity index (χ4v) is 0.725. The second kappa shape index (κ2) is 4.45. The van der Waals surface area contributed by atoms with Crippen molar-refractivity contribution >= 4 is 12.0 Å². The highest BCUT2D eigenvalue weighted by Gasteiger charge is 2.03. The molecule has 0 amide bonds. The van der Waals surface area contributed by atoms with Gasteiger partial charge in [0.2, 0.25) is 0 Å². The molecule has 1 heterocycles. The van der Waals surface area contributed by atoms with E-state index in [0.29, 0.717) is 11.8 Å². The molecule has 1 rings (SSSR count). The molecular formula is C9H13N3O. The average molecular weight is 179 g/mol. The van der Waals surface area contributed by atoms with Crippen molar-refractivity contribution in [2.75, 3.05) is 19.0 Å². The lowest BCUT2D eigenvalue weighted by Gasteiger charge is -2.01. The molecule has 0 fully saturated rings. The van der Waals surface area contributed by atoms with Crippen molar-refractivity contribution in [1.29, 1.82) is 0 Å². The second-order valence-corrected chi connectivity index (χ2v) is 2.71. The Kier molecular flexibility index (Phi) is 3.25. The minimum absolute atomic E-state index is 0.516. The normalized spacial score (nSPS) is 11.6. The van der Waals surface area contributed by atoms with Gasteiger partial charge >= 0.3 is 0 Å². The molecule has 0 saturated carbocycles. The molecular weight excluding hydrogens is 166 g/mol. The quantitative estimate of drug-likeness (QED) is 0.662. The molecule has 0 N–H and O–H groups in total. The number of anilines is 1. The Labute approximate surface area is 77.6 Å². The molecule has 70 valence electrons. The van der Waals surface area contributed by atoms with Crippen LogP contribution in [0.5, 0.6) is 0 Å². The van der Waals surface area contributed by atoms with Crippen molar-refractivity contribution in [3.8, 4) is 0 Å². The highest BCUT2D eigenvalue weighted by atomic mass is 16.5. The first kappa shape index (κ1) is 9.51. The maximum absolute atomic E-state index is 4.95. The Morgan fingerprint density at radius 2 is 2.08 bits per heavy atom. The first-order valence-corrected chi connectivity index (χ1v) is 4.04. The summed E-state index contributed by atoms with van der Waals surface area (Å²) in [5, 5.41) is 3.76. The van der Waals surface area contributed by atoms with Crippen LogP contribution in [0.3, 0.4) is 0 Å². The van der Waals surface area contributed by atoms with Crippen molar-refractivity contribution in [2.45, 2.75) is 6.92 Å². The Morgan fingerprint density at radius 1 is 1.31 bits per heavy atom. The standard InChI is InChI=1S/C9H13N3O/c1-4-5-6-7-8-10-9(11-13-8)12(2)3/h4-7H,1-3H3/b5-4+,7-6+. The van der Waals surface area contributed by atoms with Crippen LogP contribution < -0.4 is 4.90 Å². The number of rotatable bonds is 3. The second-order valence-electron chi connectivity index (χ2n) is 2.71. The molecule has 0 unspecified atom stereocenters. The minimum atomic E-state index is 0.516. The number of nitrogens with zero attached hydrogens (tertiary/aromatic N) is 3. The molecule has 0 bridgehead atoms. The van der Waals surface area contributed by atoms with Crippen molar-refractivity contribution in [1.82, 2.24) is 10.1 Å². The summed E-state index contributed by atoms with van der Waals surface area (Å²) in [6.45, 7) is 1.95. The third kappa shape index (κ3) is 2.74. The Morgan fingerprint density at radius 3 is 2.62 bits per heavy atom. The van der Waals surface area contributed by atoms with Crippen LogP contribution in [0, 0.1) is 0 Å². The molecule has 4 nitrogen and oxygen atoms in total. The molecule has 0 spiro atoms. The molecule has 0 aliphatic carbocycles. The molecule has 4 heteroatoms. The van der Waals surface area contributed by atoms with Gasteiger partial charge in [-0.2, -0.15) is 4.98 Å². The van der Waals surface area contributed by atoms with Crippen LogP contribution in [0.25, 0.3) is 6.08 Å². The summed E-state index contributed by atoms with van der Waals surface area (Å²) in [6.07, 6.45) is 7.45. The zero-order valence-corrected chi connectivity index (χ0v) is 8.06. The third-order valence-corrected chi connectivity index (χ3v) is 1.37. The van der Waals surface area contributed by atoms with Crippen LogP contribution in [-0.2, 0) is 0 Å². The lowest BCUT2D eigenvalue weighted by Crippen LogP contribution is -2.09. The van der Waals surface area contributed by atoms with Crippen LogP contribution in [0.2, 0.25) is 0 Å². The molecule has 0 aliphatic rings. The van der Waals surface area contributed by atoms with E-state index in [4.69, 9.17) is 4.52 Å². The number of hydrogen-bond donors (Lipinski definition) is 0. The monoisotopic (exact) mass is 179 g/mol. The predicted molar refractivity (Wildman–Crippen MR) is 52.5 cm³/mol. The van der Waals surface area contributed by atoms with Crippen molar-refractivity contribution in [3.05, 3.63) is 24.1 Å². The average Bonchev–Trinajstić information content (AvgIpc) is 2.53. The fourth-order valence-electron chi connectivity index (χ4n) is 0.725. The maximum Gasteiger partial charge on any atom is 0.265 e. The van der Waals surface area contributed by atoms with Gasteiger partial charge < -0.3 is 9.42 Å². The minimum Gasteiger partial charge on any atom is -0.344 e. The molecule has 0 aliphatic heterocycles. The maximum atomic E-state index is 4.95. The molecule has 0 saturated heterocycles. The molecule has 0 radical (unpaired) electrons. The van der Waals surface area contributed by atoms with Gasteiger partial charge in [0.1, 0.15) is 0 Å². The third-order valence-electron chi connectivity index (χ3n) is 1.37. The number of aromatic nitrogens is 2. The summed E-state index contributed by atoms with van der Waals surface area (Å²) in [6, 6.07) is 0. The van der Waals surface area contributed by atoms with E-state index in [-0.39, 0.29) is 0 Å². The summed E-state index contributed by atoms with van der Waals surface area (Å²) in [5.41, 5.74) is 0. The van der Waals surface area contributed by atoms with Gasteiger partial charge in [0.05, 0.1) is 0 Å². The van der Waals surface area contributed by atoms with Crippen molar-refractivity contribution in [2.24, 2.45) is 0 Å². The van der Waals surface area contributed by atoms with Crippen LogP contribution in [-0.4, -0.2) is 24.2 Å². The lowest BCUT2D eigenvalue weighted by atomic mass is 10.4. The number of hydrogen-bond acceptors (Lipinski definition) is 4. The Bertz CT molecular complexity index is 312. The van der Waals surface area contributed by atoms with E-state index in [1.165, 1.54) is 0 Å². The molecule has 13 heavy (non-hydrogen) atoms. The highest BCUT2D eigenvalue weighted by molar-refractivity contribution is 5.42. The SMILES string of the molecule is C/C=C/C=C/c1nc(N(C)C)no1. The van der Waals surface area contributed by atoms with Crippen LogP contribution >= 0.6 is 0 Å². The van der Waals surface area contributed by atoms with E-state index in [1.807, 2.05) is 39.2 Å². The van der Waals surface area contributed by atoms with Crippen LogP contribution in [0.15, 0.2) is 22.8 Å². The zero-order chi connectivity index (χ0) is 9.68. The molecule has 0 aromatic carbocycles. The smallest absolute Gasteiger partial charge is 0.265 e. The lowest BCUT2D eigenvalue weighted by molar-refractivity contribution is 0.410. The van der Waals surface area contributed by atoms with E-state index in [0.717, 1.165) is 0 Å². The Balaban J connectivity index is 2.69. The van der Waals surface area contributed by atoms with Gasteiger partial charge in [0, 0.05) is 20.2 Å². The van der Waals surface area contributed by atoms with Gasteiger partial charge in [0.25, 0.3) is 11.8 Å². The first-order valence-electron chi connectivity index (χ1n) is 4.04. The van der Waals surface area contributed by atoms with Gasteiger partial charge in [-0.25, -0.2) is 0 Å². The highest BCUT2D eigenvalue weighted by Crippen LogP contribution is 2.06. The summed E-state index contributed by atoms with van der Waals surface area (Å²) in [4.78, 5) is 5.90. The van der Waals surface area contributed by atoms with E-state index in [1.54, 1.807) is 11.0 Å². The summed E-state index contributed by atoms with van der Waals surface area (Å²) < 4.78 is 4.95. The fraction of sp³-hybridized carbons (Fsp3) is 0.333. The first-order chi connectivity index (χ1) is 6.24. The zero-order valence-electron chi connectivity index (χ0n) is 8.06. The summed E-state index contributed by atoms with van der Waals surface area (Å²) in [5.74, 6) is 1.10. The molecule has 1 aromatic heterocycles. The van der Waals surface area contributed by atoms with E-state index >= 15 is 0 Å². The van der Waals surface area contributed by atoms with E-state index < -0.39 is 0 Å². The topological polar surface area (TPSA) is 42.2 Å². The number of allylic oxidation sites excluding steroid dienone is 3. The Hall–Kier alpha value is -1.58. The molecule has 1 aromatic rings. The van der Waals surface area contributed by atoms with Gasteiger partial charge in [-0.1, -0.05) is 18.2 Å². The van der Waals surface area contributed by atoms with Crippen molar-refractivity contribution < 1.29 is 4.52 Å². The summed E-state index contributed by atoms with van der Waals surface area (Å²) in [7, 11) is 3.73. The van der Waals surface area contributed by atoms with Gasteiger partial charge in [0.15, 0.2) is 0 Å².